The molecule has 1 saturated heterocycles. The molecule has 1 aromatic rings. The fraction of sp³-hybridized carbons (Fsp3) is 0.538. The summed E-state index contributed by atoms with van der Waals surface area (Å²) >= 11 is 3.13. The van der Waals surface area contributed by atoms with Gasteiger partial charge in [-0.3, -0.25) is 4.90 Å². The van der Waals surface area contributed by atoms with E-state index in [2.05, 4.69) is 0 Å². The summed E-state index contributed by atoms with van der Waals surface area (Å²) in [5.74, 6) is -0.460. The molecule has 0 bridgehead atoms. The number of hydrogen-bond acceptors (Lipinski definition) is 4. The number of carboxylic acid groups (broad SMARTS) is 1. The minimum Gasteiger partial charge on any atom is -0.480 e. The van der Waals surface area contributed by atoms with Crippen LogP contribution in [0.15, 0.2) is 17.5 Å². The van der Waals surface area contributed by atoms with Gasteiger partial charge in [-0.2, -0.15) is 0 Å². The standard InChI is InChI=1S/C13H18N2O3S2/c1-3-11-15(10(8-20-11)12(16)17)13(18)14(2)7-9-5-4-6-19-9/h4-6,10-11H,3,7-8H2,1-2H3,(H,16,17). The molecule has 1 aromatic heterocycles. The summed E-state index contributed by atoms with van der Waals surface area (Å²) in [6.45, 7) is 2.49. The first-order chi connectivity index (χ1) is 9.54. The van der Waals surface area contributed by atoms with Crippen molar-refractivity contribution >= 4 is 35.1 Å². The number of nitrogens with zero attached hydrogens (tertiary/aromatic N) is 2. The SMILES string of the molecule is CCC1SCC(C(=O)O)N1C(=O)N(C)Cc1cccs1. The number of carbonyl (C=O) groups is 2. The largest absolute Gasteiger partial charge is 0.480 e. The molecule has 2 atom stereocenters. The van der Waals surface area contributed by atoms with E-state index in [1.165, 1.54) is 4.90 Å². The molecule has 110 valence electrons. The molecule has 0 aliphatic carbocycles. The predicted molar refractivity (Wildman–Crippen MR) is 81.0 cm³/mol. The van der Waals surface area contributed by atoms with Crippen molar-refractivity contribution in [3.63, 3.8) is 0 Å². The maximum absolute atomic E-state index is 12.5. The molecule has 2 unspecified atom stereocenters. The van der Waals surface area contributed by atoms with Gasteiger partial charge in [0, 0.05) is 17.7 Å². The highest BCUT2D eigenvalue weighted by Gasteiger charge is 2.41. The van der Waals surface area contributed by atoms with Crippen molar-refractivity contribution in [2.75, 3.05) is 12.8 Å². The summed E-state index contributed by atoms with van der Waals surface area (Å²) in [5, 5.41) is 11.2. The van der Waals surface area contributed by atoms with Crippen LogP contribution >= 0.6 is 23.1 Å². The Morgan fingerprint density at radius 2 is 2.30 bits per heavy atom. The Hall–Kier alpha value is -1.21. The molecule has 0 radical (unpaired) electrons. The number of hydrogen-bond donors (Lipinski definition) is 1. The van der Waals surface area contributed by atoms with Gasteiger partial charge in [0.2, 0.25) is 0 Å². The zero-order chi connectivity index (χ0) is 14.7. The van der Waals surface area contributed by atoms with Crippen molar-refractivity contribution in [3.8, 4) is 0 Å². The topological polar surface area (TPSA) is 60.9 Å². The molecule has 0 spiro atoms. The average molecular weight is 314 g/mol. The van der Waals surface area contributed by atoms with E-state index in [1.54, 1.807) is 35.0 Å². The Kier molecular flexibility index (Phi) is 4.93. The third kappa shape index (κ3) is 3.09. The van der Waals surface area contributed by atoms with Gasteiger partial charge < -0.3 is 10.0 Å². The molecule has 1 aliphatic rings. The lowest BCUT2D eigenvalue weighted by Gasteiger charge is -2.31. The van der Waals surface area contributed by atoms with Gasteiger partial charge in [-0.1, -0.05) is 13.0 Å². The molecular weight excluding hydrogens is 296 g/mol. The van der Waals surface area contributed by atoms with Crippen LogP contribution in [0.3, 0.4) is 0 Å². The van der Waals surface area contributed by atoms with Gasteiger partial charge in [0.25, 0.3) is 0 Å². The van der Waals surface area contributed by atoms with Crippen molar-refractivity contribution in [2.24, 2.45) is 0 Å². The van der Waals surface area contributed by atoms with Gasteiger partial charge in [0.05, 0.1) is 11.9 Å². The molecule has 5 nitrogen and oxygen atoms in total. The summed E-state index contributed by atoms with van der Waals surface area (Å²) in [4.78, 5) is 28.0. The van der Waals surface area contributed by atoms with E-state index >= 15 is 0 Å². The summed E-state index contributed by atoms with van der Waals surface area (Å²) < 4.78 is 0. The number of thiophene rings is 1. The lowest BCUT2D eigenvalue weighted by atomic mass is 10.2. The zero-order valence-corrected chi connectivity index (χ0v) is 13.1. The molecule has 2 rings (SSSR count). The van der Waals surface area contributed by atoms with Crippen LogP contribution in [-0.2, 0) is 11.3 Å². The minimum atomic E-state index is -0.925. The first-order valence-corrected chi connectivity index (χ1v) is 8.37. The second-order valence-electron chi connectivity index (χ2n) is 4.68. The van der Waals surface area contributed by atoms with Crippen molar-refractivity contribution in [1.82, 2.24) is 9.80 Å². The van der Waals surface area contributed by atoms with Crippen molar-refractivity contribution in [2.45, 2.75) is 31.3 Å². The second-order valence-corrected chi connectivity index (χ2v) is 6.92. The monoisotopic (exact) mass is 314 g/mol. The number of amides is 2. The van der Waals surface area contributed by atoms with Crippen LogP contribution in [0.4, 0.5) is 4.79 Å². The molecule has 0 saturated carbocycles. The van der Waals surface area contributed by atoms with Gasteiger partial charge in [-0.15, -0.1) is 23.1 Å². The Morgan fingerprint density at radius 3 is 2.85 bits per heavy atom. The van der Waals surface area contributed by atoms with Gasteiger partial charge in [0.15, 0.2) is 0 Å². The second kappa shape index (κ2) is 6.49. The van der Waals surface area contributed by atoms with Crippen molar-refractivity contribution < 1.29 is 14.7 Å². The van der Waals surface area contributed by atoms with Crippen molar-refractivity contribution in [3.05, 3.63) is 22.4 Å². The summed E-state index contributed by atoms with van der Waals surface area (Å²) in [6.07, 6.45) is 0.757. The number of carboxylic acids is 1. The molecule has 7 heteroatoms. The first-order valence-electron chi connectivity index (χ1n) is 6.44. The highest BCUT2D eigenvalue weighted by Crippen LogP contribution is 2.32. The van der Waals surface area contributed by atoms with Crippen LogP contribution in [0.1, 0.15) is 18.2 Å². The average Bonchev–Trinajstić information content (AvgIpc) is 3.05. The quantitative estimate of drug-likeness (QED) is 0.928. The predicted octanol–water partition coefficient (Wildman–Crippen LogP) is 2.54. The summed E-state index contributed by atoms with van der Waals surface area (Å²) in [7, 11) is 1.72. The molecule has 2 amide bonds. The number of urea groups is 1. The van der Waals surface area contributed by atoms with Crippen LogP contribution < -0.4 is 0 Å². The third-order valence-electron chi connectivity index (χ3n) is 3.25. The smallest absolute Gasteiger partial charge is 0.327 e. The van der Waals surface area contributed by atoms with E-state index in [-0.39, 0.29) is 11.4 Å². The molecule has 0 aromatic carbocycles. The Morgan fingerprint density at radius 1 is 1.55 bits per heavy atom. The zero-order valence-electron chi connectivity index (χ0n) is 11.5. The molecule has 1 aliphatic heterocycles. The molecule has 1 N–H and O–H groups in total. The Labute approximate surface area is 126 Å². The molecule has 20 heavy (non-hydrogen) atoms. The van der Waals surface area contributed by atoms with Gasteiger partial charge in [-0.25, -0.2) is 9.59 Å². The van der Waals surface area contributed by atoms with Gasteiger partial charge in [0.1, 0.15) is 6.04 Å². The minimum absolute atomic E-state index is 0.0469. The van der Waals surface area contributed by atoms with Crippen LogP contribution in [-0.4, -0.2) is 51.1 Å². The molecular formula is C13H18N2O3S2. The van der Waals surface area contributed by atoms with Crippen LogP contribution in [0.2, 0.25) is 0 Å². The number of aliphatic carboxylic acids is 1. The van der Waals surface area contributed by atoms with Crippen LogP contribution in [0.25, 0.3) is 0 Å². The normalized spacial score (nSPS) is 22.0. The fourth-order valence-corrected chi connectivity index (χ4v) is 4.32. The van der Waals surface area contributed by atoms with E-state index in [0.29, 0.717) is 12.3 Å². The maximum atomic E-state index is 12.5. The lowest BCUT2D eigenvalue weighted by Crippen LogP contribution is -2.50. The molecule has 2 heterocycles. The number of carbonyl (C=O) groups excluding carboxylic acids is 1. The Balaban J connectivity index is 2.10. The summed E-state index contributed by atoms with van der Waals surface area (Å²) in [5.41, 5.74) is 0. The van der Waals surface area contributed by atoms with Crippen molar-refractivity contribution in [1.29, 1.82) is 0 Å². The highest BCUT2D eigenvalue weighted by molar-refractivity contribution is 8.00. The van der Waals surface area contributed by atoms with E-state index < -0.39 is 12.0 Å². The Bertz CT molecular complexity index is 478. The number of rotatable bonds is 4. The first kappa shape index (κ1) is 15.2. The van der Waals surface area contributed by atoms with E-state index in [9.17, 15) is 14.7 Å². The third-order valence-corrected chi connectivity index (χ3v) is 5.56. The lowest BCUT2D eigenvalue weighted by molar-refractivity contribution is -0.141. The number of thioether (sulfide) groups is 1. The van der Waals surface area contributed by atoms with E-state index in [0.717, 1.165) is 11.3 Å². The van der Waals surface area contributed by atoms with E-state index in [4.69, 9.17) is 0 Å². The van der Waals surface area contributed by atoms with Gasteiger partial charge >= 0.3 is 12.0 Å². The maximum Gasteiger partial charge on any atom is 0.327 e. The fourth-order valence-electron chi connectivity index (χ4n) is 2.23. The summed E-state index contributed by atoms with van der Waals surface area (Å²) in [6, 6.07) is 2.99. The highest BCUT2D eigenvalue weighted by atomic mass is 32.2. The van der Waals surface area contributed by atoms with Crippen LogP contribution in [0, 0.1) is 0 Å². The van der Waals surface area contributed by atoms with E-state index in [1.807, 2.05) is 24.4 Å². The molecule has 1 fully saturated rings. The van der Waals surface area contributed by atoms with Gasteiger partial charge in [-0.05, 0) is 17.9 Å². The van der Waals surface area contributed by atoms with Crippen LogP contribution in [0.5, 0.6) is 0 Å².